The van der Waals surface area contributed by atoms with Gasteiger partial charge in [-0.15, -0.1) is 0 Å². The molecule has 3 aromatic carbocycles. The third kappa shape index (κ3) is 3.91. The van der Waals surface area contributed by atoms with E-state index in [0.717, 1.165) is 22.4 Å². The first-order valence-electron chi connectivity index (χ1n) is 9.67. The van der Waals surface area contributed by atoms with Crippen molar-refractivity contribution in [2.24, 2.45) is 0 Å². The summed E-state index contributed by atoms with van der Waals surface area (Å²) in [6.45, 7) is 0. The number of imidazole rings is 1. The minimum Gasteiger partial charge on any atom is -0.291 e. The summed E-state index contributed by atoms with van der Waals surface area (Å²) in [5, 5.41) is 0. The van der Waals surface area contributed by atoms with Crippen LogP contribution in [0.1, 0.15) is 0 Å². The second kappa shape index (κ2) is 7.70. The van der Waals surface area contributed by atoms with Crippen molar-refractivity contribution in [2.75, 3.05) is 4.72 Å². The van der Waals surface area contributed by atoms with Crippen molar-refractivity contribution < 1.29 is 8.42 Å². The Hall–Kier alpha value is -3.97. The van der Waals surface area contributed by atoms with Gasteiger partial charge in [-0.1, -0.05) is 54.6 Å². The van der Waals surface area contributed by atoms with Gasteiger partial charge in [0.05, 0.1) is 10.6 Å². The molecule has 0 amide bonds. The fourth-order valence-electron chi connectivity index (χ4n) is 3.35. The summed E-state index contributed by atoms with van der Waals surface area (Å²) in [6, 6.07) is 25.6. The van der Waals surface area contributed by atoms with Gasteiger partial charge in [-0.2, -0.15) is 0 Å². The first kappa shape index (κ1) is 19.0. The largest absolute Gasteiger partial charge is 0.291 e. The number of fused-ring (bicyclic) bond motifs is 1. The van der Waals surface area contributed by atoms with Gasteiger partial charge < -0.3 is 0 Å². The summed E-state index contributed by atoms with van der Waals surface area (Å²) >= 11 is 0. The molecule has 0 unspecified atom stereocenters. The molecule has 0 bridgehead atoms. The van der Waals surface area contributed by atoms with E-state index >= 15 is 0 Å². The summed E-state index contributed by atoms with van der Waals surface area (Å²) in [5.74, 6) is 0.612. The average Bonchev–Trinajstić information content (AvgIpc) is 3.24. The van der Waals surface area contributed by atoms with Gasteiger partial charge in [0, 0.05) is 29.8 Å². The Morgan fingerprint density at radius 2 is 1.42 bits per heavy atom. The molecule has 5 rings (SSSR count). The van der Waals surface area contributed by atoms with Crippen LogP contribution in [0, 0.1) is 0 Å². The number of aromatic nitrogens is 3. The van der Waals surface area contributed by atoms with Gasteiger partial charge >= 0.3 is 0 Å². The maximum absolute atomic E-state index is 12.8. The molecule has 0 aliphatic rings. The van der Waals surface area contributed by atoms with Gasteiger partial charge in [0.2, 0.25) is 5.78 Å². The van der Waals surface area contributed by atoms with Crippen LogP contribution in [-0.4, -0.2) is 22.8 Å². The highest BCUT2D eigenvalue weighted by Crippen LogP contribution is 2.24. The zero-order valence-corrected chi connectivity index (χ0v) is 17.2. The Balaban J connectivity index is 1.35. The van der Waals surface area contributed by atoms with Crippen LogP contribution in [0.4, 0.5) is 5.69 Å². The van der Waals surface area contributed by atoms with Crippen LogP contribution in [0.3, 0.4) is 0 Å². The van der Waals surface area contributed by atoms with Crippen molar-refractivity contribution in [3.8, 4) is 22.4 Å². The number of sulfonamides is 1. The van der Waals surface area contributed by atoms with Crippen LogP contribution in [-0.2, 0) is 10.0 Å². The normalized spacial score (nSPS) is 11.5. The monoisotopic (exact) mass is 426 g/mol. The lowest BCUT2D eigenvalue weighted by molar-refractivity contribution is 0.601. The highest BCUT2D eigenvalue weighted by Gasteiger charge is 2.14. The predicted molar refractivity (Wildman–Crippen MR) is 121 cm³/mol. The fraction of sp³-hybridized carbons (Fsp3) is 0. The number of anilines is 1. The summed E-state index contributed by atoms with van der Waals surface area (Å²) in [4.78, 5) is 8.90. The Morgan fingerprint density at radius 3 is 2.13 bits per heavy atom. The lowest BCUT2D eigenvalue weighted by Gasteiger charge is -2.09. The molecular weight excluding hydrogens is 408 g/mol. The number of hydrogen-bond acceptors (Lipinski definition) is 4. The van der Waals surface area contributed by atoms with Crippen LogP contribution < -0.4 is 4.72 Å². The van der Waals surface area contributed by atoms with Crippen molar-refractivity contribution in [2.45, 2.75) is 4.90 Å². The van der Waals surface area contributed by atoms with Crippen molar-refractivity contribution in [1.29, 1.82) is 0 Å². The molecule has 0 saturated heterocycles. The summed E-state index contributed by atoms with van der Waals surface area (Å²) in [5.41, 5.74) is 4.13. The second-order valence-corrected chi connectivity index (χ2v) is 8.71. The number of nitrogens with one attached hydrogen (secondary N) is 1. The second-order valence-electron chi connectivity index (χ2n) is 7.03. The molecule has 0 atom stereocenters. The zero-order valence-electron chi connectivity index (χ0n) is 16.4. The van der Waals surface area contributed by atoms with Gasteiger partial charge in [0.15, 0.2) is 0 Å². The van der Waals surface area contributed by atoms with E-state index in [-0.39, 0.29) is 4.90 Å². The molecule has 5 aromatic rings. The van der Waals surface area contributed by atoms with Gasteiger partial charge in [0.1, 0.15) is 0 Å². The SMILES string of the molecule is O=S(=O)(Nc1ccc(-c2cn3cccnc3n2)cc1)c1ccc(-c2ccccc2)cc1. The van der Waals surface area contributed by atoms with E-state index in [4.69, 9.17) is 0 Å². The molecule has 7 heteroatoms. The molecule has 2 aromatic heterocycles. The van der Waals surface area contributed by atoms with Gasteiger partial charge in [-0.25, -0.2) is 18.4 Å². The summed E-state index contributed by atoms with van der Waals surface area (Å²) in [7, 11) is -3.69. The lowest BCUT2D eigenvalue weighted by Crippen LogP contribution is -2.12. The predicted octanol–water partition coefficient (Wildman–Crippen LogP) is 4.86. The molecule has 1 N–H and O–H groups in total. The van der Waals surface area contributed by atoms with Gasteiger partial charge in [-0.05, 0) is 41.5 Å². The standard InChI is InChI=1S/C24H18N4O2S/c29-31(30,22-13-9-19(10-14-22)18-5-2-1-3-6-18)27-21-11-7-20(8-12-21)23-17-28-16-4-15-25-24(28)26-23/h1-17,27H. The average molecular weight is 427 g/mol. The van der Waals surface area contributed by atoms with E-state index in [1.807, 2.05) is 77.5 Å². The van der Waals surface area contributed by atoms with E-state index in [0.29, 0.717) is 11.5 Å². The van der Waals surface area contributed by atoms with E-state index < -0.39 is 10.0 Å². The molecule has 152 valence electrons. The third-order valence-electron chi connectivity index (χ3n) is 4.94. The van der Waals surface area contributed by atoms with E-state index in [2.05, 4.69) is 14.7 Å². The third-order valence-corrected chi connectivity index (χ3v) is 6.34. The van der Waals surface area contributed by atoms with Crippen LogP contribution in [0.2, 0.25) is 0 Å². The topological polar surface area (TPSA) is 76.4 Å². The lowest BCUT2D eigenvalue weighted by atomic mass is 10.1. The van der Waals surface area contributed by atoms with Crippen LogP contribution in [0.15, 0.2) is 108 Å². The Bertz CT molecular complexity index is 1410. The molecular formula is C24H18N4O2S. The summed E-state index contributed by atoms with van der Waals surface area (Å²) < 4.78 is 30.0. The van der Waals surface area contributed by atoms with Crippen LogP contribution in [0.5, 0.6) is 0 Å². The van der Waals surface area contributed by atoms with E-state index in [1.165, 1.54) is 0 Å². The quantitative estimate of drug-likeness (QED) is 0.435. The molecule has 0 aliphatic heterocycles. The van der Waals surface area contributed by atoms with E-state index in [9.17, 15) is 8.42 Å². The van der Waals surface area contributed by atoms with Crippen LogP contribution >= 0.6 is 0 Å². The molecule has 0 spiro atoms. The first-order chi connectivity index (χ1) is 15.1. The van der Waals surface area contributed by atoms with Crippen molar-refractivity contribution in [3.63, 3.8) is 0 Å². The van der Waals surface area contributed by atoms with Crippen LogP contribution in [0.25, 0.3) is 28.2 Å². The minimum atomic E-state index is -3.69. The highest BCUT2D eigenvalue weighted by atomic mass is 32.2. The van der Waals surface area contributed by atoms with Crippen molar-refractivity contribution in [1.82, 2.24) is 14.4 Å². The fourth-order valence-corrected chi connectivity index (χ4v) is 4.41. The Kier molecular flexibility index (Phi) is 4.72. The highest BCUT2D eigenvalue weighted by molar-refractivity contribution is 7.92. The minimum absolute atomic E-state index is 0.211. The zero-order chi connectivity index (χ0) is 21.3. The maximum Gasteiger partial charge on any atom is 0.261 e. The molecule has 6 nitrogen and oxygen atoms in total. The smallest absolute Gasteiger partial charge is 0.261 e. The molecule has 2 heterocycles. The molecule has 0 radical (unpaired) electrons. The number of nitrogens with zero attached hydrogens (tertiary/aromatic N) is 3. The molecule has 31 heavy (non-hydrogen) atoms. The molecule has 0 saturated carbocycles. The van der Waals surface area contributed by atoms with Crippen molar-refractivity contribution in [3.05, 3.63) is 104 Å². The number of rotatable bonds is 5. The molecule has 0 aliphatic carbocycles. The maximum atomic E-state index is 12.8. The van der Waals surface area contributed by atoms with E-state index in [1.54, 1.807) is 30.5 Å². The Labute approximate surface area is 179 Å². The number of hydrogen-bond donors (Lipinski definition) is 1. The van der Waals surface area contributed by atoms with Gasteiger partial charge in [0.25, 0.3) is 10.0 Å². The molecule has 0 fully saturated rings. The Morgan fingerprint density at radius 1 is 0.742 bits per heavy atom. The number of benzene rings is 3. The summed E-state index contributed by atoms with van der Waals surface area (Å²) in [6.07, 6.45) is 5.45. The van der Waals surface area contributed by atoms with Gasteiger partial charge in [-0.3, -0.25) is 9.12 Å². The first-order valence-corrected chi connectivity index (χ1v) is 11.2. The van der Waals surface area contributed by atoms with Crippen molar-refractivity contribution >= 4 is 21.5 Å².